The lowest BCUT2D eigenvalue weighted by Crippen LogP contribution is -2.39. The van der Waals surface area contributed by atoms with Crippen molar-refractivity contribution in [2.24, 2.45) is 0 Å². The number of hydrogen-bond acceptors (Lipinski definition) is 4. The number of rotatable bonds is 7. The fraction of sp³-hybridized carbons (Fsp3) is 0.538. The normalized spacial score (nSPS) is 14.1. The average molecular weight is 239 g/mol. The minimum absolute atomic E-state index is 0.0579. The summed E-state index contributed by atoms with van der Waals surface area (Å²) in [7, 11) is 3.30. The van der Waals surface area contributed by atoms with E-state index in [4.69, 9.17) is 9.47 Å². The molecule has 0 aliphatic heterocycles. The zero-order valence-corrected chi connectivity index (χ0v) is 10.7. The van der Waals surface area contributed by atoms with Gasteiger partial charge in [0.15, 0.2) is 0 Å². The van der Waals surface area contributed by atoms with Crippen LogP contribution >= 0.6 is 0 Å². The van der Waals surface area contributed by atoms with E-state index in [1.807, 2.05) is 31.2 Å². The zero-order chi connectivity index (χ0) is 12.7. The molecule has 0 radical (unpaired) electrons. The maximum Gasteiger partial charge on any atom is 0.119 e. The summed E-state index contributed by atoms with van der Waals surface area (Å²) in [5, 5.41) is 12.7. The van der Waals surface area contributed by atoms with Gasteiger partial charge in [0.2, 0.25) is 0 Å². The molecule has 0 bridgehead atoms. The average Bonchev–Trinajstić information content (AvgIpc) is 2.37. The number of ether oxygens (including phenoxy) is 2. The quantitative estimate of drug-likeness (QED) is 0.763. The molecule has 1 atom stereocenters. The van der Waals surface area contributed by atoms with E-state index in [-0.39, 0.29) is 12.1 Å². The van der Waals surface area contributed by atoms with E-state index >= 15 is 0 Å². The monoisotopic (exact) mass is 239 g/mol. The Morgan fingerprint density at radius 2 is 1.88 bits per heavy atom. The van der Waals surface area contributed by atoms with Crippen molar-refractivity contribution in [1.29, 1.82) is 0 Å². The van der Waals surface area contributed by atoms with Gasteiger partial charge < -0.3 is 19.9 Å². The van der Waals surface area contributed by atoms with Crippen molar-refractivity contribution in [3.8, 4) is 5.75 Å². The van der Waals surface area contributed by atoms with Crippen LogP contribution in [0.1, 0.15) is 13.3 Å². The standard InChI is InChI=1S/C13H21NO3/c1-13(10-15,8-9-16-2)14-11-4-6-12(17-3)7-5-11/h4-7,14-15H,8-10H2,1-3H3. The summed E-state index contributed by atoms with van der Waals surface area (Å²) in [6.07, 6.45) is 0.742. The van der Waals surface area contributed by atoms with Crippen LogP contribution in [0.3, 0.4) is 0 Å². The summed E-state index contributed by atoms with van der Waals surface area (Å²) in [5.74, 6) is 0.818. The van der Waals surface area contributed by atoms with Crippen molar-refractivity contribution < 1.29 is 14.6 Å². The van der Waals surface area contributed by atoms with Gasteiger partial charge in [-0.2, -0.15) is 0 Å². The first kappa shape index (κ1) is 13.8. The maximum absolute atomic E-state index is 9.43. The van der Waals surface area contributed by atoms with Crippen LogP contribution in [0.2, 0.25) is 0 Å². The van der Waals surface area contributed by atoms with Gasteiger partial charge in [0.05, 0.1) is 19.3 Å². The van der Waals surface area contributed by atoms with Crippen LogP contribution in [0, 0.1) is 0 Å². The second-order valence-electron chi connectivity index (χ2n) is 4.32. The first-order valence-corrected chi connectivity index (χ1v) is 5.65. The summed E-state index contributed by atoms with van der Waals surface area (Å²) in [5.41, 5.74) is 0.586. The fourth-order valence-corrected chi connectivity index (χ4v) is 1.53. The van der Waals surface area contributed by atoms with Crippen LogP contribution in [0.4, 0.5) is 5.69 Å². The van der Waals surface area contributed by atoms with Gasteiger partial charge >= 0.3 is 0 Å². The molecule has 0 amide bonds. The summed E-state index contributed by atoms with van der Waals surface area (Å²) in [6, 6.07) is 7.63. The molecule has 4 nitrogen and oxygen atoms in total. The van der Waals surface area contributed by atoms with Gasteiger partial charge in [0.25, 0.3) is 0 Å². The highest BCUT2D eigenvalue weighted by Gasteiger charge is 2.22. The molecule has 1 aromatic carbocycles. The third-order valence-corrected chi connectivity index (χ3v) is 2.74. The lowest BCUT2D eigenvalue weighted by Gasteiger charge is -2.29. The number of methoxy groups -OCH3 is 2. The zero-order valence-electron chi connectivity index (χ0n) is 10.7. The van der Waals surface area contributed by atoms with Crippen LogP contribution in [-0.4, -0.2) is 38.1 Å². The Kier molecular flexibility index (Phi) is 5.25. The van der Waals surface area contributed by atoms with Crippen molar-refractivity contribution in [2.75, 3.05) is 32.8 Å². The van der Waals surface area contributed by atoms with E-state index in [9.17, 15) is 5.11 Å². The Balaban J connectivity index is 2.65. The van der Waals surface area contributed by atoms with Crippen LogP contribution in [0.5, 0.6) is 5.75 Å². The number of anilines is 1. The molecule has 0 spiro atoms. The Morgan fingerprint density at radius 3 is 2.35 bits per heavy atom. The molecule has 4 heteroatoms. The molecule has 0 aromatic heterocycles. The Labute approximate surface area is 103 Å². The van der Waals surface area contributed by atoms with Crippen LogP contribution in [0.25, 0.3) is 0 Å². The lowest BCUT2D eigenvalue weighted by atomic mass is 9.99. The van der Waals surface area contributed by atoms with Gasteiger partial charge in [-0.25, -0.2) is 0 Å². The molecular weight excluding hydrogens is 218 g/mol. The fourth-order valence-electron chi connectivity index (χ4n) is 1.53. The Morgan fingerprint density at radius 1 is 1.24 bits per heavy atom. The van der Waals surface area contributed by atoms with Gasteiger partial charge in [0.1, 0.15) is 5.75 Å². The van der Waals surface area contributed by atoms with Crippen molar-refractivity contribution in [3.63, 3.8) is 0 Å². The van der Waals surface area contributed by atoms with Gasteiger partial charge in [-0.05, 0) is 37.6 Å². The highest BCUT2D eigenvalue weighted by Crippen LogP contribution is 2.21. The second kappa shape index (κ2) is 6.47. The van der Waals surface area contributed by atoms with Crippen molar-refractivity contribution >= 4 is 5.69 Å². The van der Waals surface area contributed by atoms with E-state index in [1.54, 1.807) is 14.2 Å². The number of nitrogens with one attached hydrogen (secondary N) is 1. The first-order chi connectivity index (χ1) is 8.13. The molecule has 0 heterocycles. The number of hydrogen-bond donors (Lipinski definition) is 2. The first-order valence-electron chi connectivity index (χ1n) is 5.65. The van der Waals surface area contributed by atoms with Crippen molar-refractivity contribution in [3.05, 3.63) is 24.3 Å². The molecule has 96 valence electrons. The molecule has 1 unspecified atom stereocenters. The maximum atomic E-state index is 9.43. The lowest BCUT2D eigenvalue weighted by molar-refractivity contribution is 0.146. The summed E-state index contributed by atoms with van der Waals surface area (Å²) < 4.78 is 10.1. The molecule has 0 aliphatic rings. The molecular formula is C13H21NO3. The van der Waals surface area contributed by atoms with E-state index < -0.39 is 0 Å². The molecule has 1 aromatic rings. The predicted octanol–water partition coefficient (Wildman–Crippen LogP) is 1.89. The van der Waals surface area contributed by atoms with Crippen LogP contribution < -0.4 is 10.1 Å². The van der Waals surface area contributed by atoms with Crippen LogP contribution in [0.15, 0.2) is 24.3 Å². The molecule has 0 fully saturated rings. The third kappa shape index (κ3) is 4.24. The Bertz CT molecular complexity index is 326. The summed E-state index contributed by atoms with van der Waals surface area (Å²) in [4.78, 5) is 0. The van der Waals surface area contributed by atoms with Gasteiger partial charge in [-0.1, -0.05) is 0 Å². The smallest absolute Gasteiger partial charge is 0.119 e. The molecule has 2 N–H and O–H groups in total. The molecule has 17 heavy (non-hydrogen) atoms. The van der Waals surface area contributed by atoms with Gasteiger partial charge in [-0.15, -0.1) is 0 Å². The summed E-state index contributed by atoms with van der Waals surface area (Å²) in [6.45, 7) is 2.64. The predicted molar refractivity (Wildman–Crippen MR) is 68.6 cm³/mol. The van der Waals surface area contributed by atoms with E-state index in [2.05, 4.69) is 5.32 Å². The van der Waals surface area contributed by atoms with E-state index in [1.165, 1.54) is 0 Å². The summed E-state index contributed by atoms with van der Waals surface area (Å²) >= 11 is 0. The number of aliphatic hydroxyl groups excluding tert-OH is 1. The van der Waals surface area contributed by atoms with Crippen molar-refractivity contribution in [1.82, 2.24) is 0 Å². The van der Waals surface area contributed by atoms with Crippen molar-refractivity contribution in [2.45, 2.75) is 18.9 Å². The van der Waals surface area contributed by atoms with E-state index in [0.29, 0.717) is 6.61 Å². The van der Waals surface area contributed by atoms with Crippen LogP contribution in [-0.2, 0) is 4.74 Å². The largest absolute Gasteiger partial charge is 0.497 e. The topological polar surface area (TPSA) is 50.7 Å². The molecule has 0 saturated carbocycles. The van der Waals surface area contributed by atoms with E-state index in [0.717, 1.165) is 17.9 Å². The molecule has 1 rings (SSSR count). The molecule has 0 saturated heterocycles. The van der Waals surface area contributed by atoms with Gasteiger partial charge in [0, 0.05) is 19.4 Å². The number of aliphatic hydroxyl groups is 1. The third-order valence-electron chi connectivity index (χ3n) is 2.74. The Hall–Kier alpha value is -1.26. The second-order valence-corrected chi connectivity index (χ2v) is 4.32. The minimum atomic E-state index is -0.370. The van der Waals surface area contributed by atoms with Gasteiger partial charge in [-0.3, -0.25) is 0 Å². The SMILES string of the molecule is COCCC(C)(CO)Nc1ccc(OC)cc1. The number of benzene rings is 1. The highest BCUT2D eigenvalue weighted by atomic mass is 16.5. The highest BCUT2D eigenvalue weighted by molar-refractivity contribution is 5.48. The minimum Gasteiger partial charge on any atom is -0.497 e. The molecule has 0 aliphatic carbocycles.